The zero-order valence-corrected chi connectivity index (χ0v) is 34.5. The molecule has 6 N–H and O–H groups in total. The quantitative estimate of drug-likeness (QED) is 0.0342. The van der Waals surface area contributed by atoms with Crippen molar-refractivity contribution in [1.82, 2.24) is 5.32 Å². The fraction of sp³-hybridized carbons (Fsp3) is 0.977. The van der Waals surface area contributed by atoms with Gasteiger partial charge in [-0.05, 0) is 12.8 Å². The SMILES string of the molecule is CCCCCCCCCCCCCCCCCCCCCC(O)C(COC1OC(CO)C(O)C(O)C1O)NC(=O)CCCCCCCCCCCCC. The van der Waals surface area contributed by atoms with Gasteiger partial charge in [0.15, 0.2) is 6.29 Å². The zero-order valence-electron chi connectivity index (χ0n) is 34.5. The van der Waals surface area contributed by atoms with Crippen molar-refractivity contribution >= 4 is 5.91 Å². The fourth-order valence-corrected chi connectivity index (χ4v) is 7.51. The monoisotopic (exact) mass is 758 g/mol. The van der Waals surface area contributed by atoms with Crippen LogP contribution in [0.4, 0.5) is 0 Å². The Morgan fingerprint density at radius 2 is 0.943 bits per heavy atom. The minimum absolute atomic E-state index is 0.132. The van der Waals surface area contributed by atoms with Crippen molar-refractivity contribution < 1.29 is 39.8 Å². The lowest BCUT2D eigenvalue weighted by Gasteiger charge is -2.40. The molecule has 9 nitrogen and oxygen atoms in total. The van der Waals surface area contributed by atoms with Gasteiger partial charge in [0, 0.05) is 6.42 Å². The Kier molecular flexibility index (Phi) is 33.7. The van der Waals surface area contributed by atoms with Gasteiger partial charge in [0.05, 0.1) is 25.4 Å². The first-order chi connectivity index (χ1) is 25.8. The standard InChI is InChI=1S/C44H87NO8/c1-3-5-7-9-11-13-15-16-17-18-19-20-21-22-24-25-27-29-31-33-38(47)37(36-52-44-43(51)42(50)41(49)39(35-46)53-44)45-40(48)34-32-30-28-26-23-14-12-10-8-6-4-2/h37-39,41-44,46-47,49-51H,3-36H2,1-2H3,(H,45,48). The Labute approximate surface area is 325 Å². The van der Waals surface area contributed by atoms with E-state index in [0.29, 0.717) is 12.8 Å². The Balaban J connectivity index is 2.30. The third kappa shape index (κ3) is 26.6. The molecule has 53 heavy (non-hydrogen) atoms. The van der Waals surface area contributed by atoms with E-state index in [0.717, 1.165) is 38.5 Å². The molecule has 316 valence electrons. The number of hydrogen-bond acceptors (Lipinski definition) is 8. The molecule has 0 aromatic rings. The third-order valence-corrected chi connectivity index (χ3v) is 11.2. The molecule has 1 saturated heterocycles. The number of amides is 1. The van der Waals surface area contributed by atoms with Crippen LogP contribution in [0.5, 0.6) is 0 Å². The molecule has 1 amide bonds. The van der Waals surface area contributed by atoms with E-state index in [-0.39, 0.29) is 12.5 Å². The second kappa shape index (κ2) is 35.6. The lowest BCUT2D eigenvalue weighted by atomic mass is 9.99. The number of nitrogens with one attached hydrogen (secondary N) is 1. The summed E-state index contributed by atoms with van der Waals surface area (Å²) in [6.07, 6.45) is 31.1. The summed E-state index contributed by atoms with van der Waals surface area (Å²) in [4.78, 5) is 12.9. The van der Waals surface area contributed by atoms with E-state index in [1.54, 1.807) is 0 Å². The number of carbonyl (C=O) groups is 1. The molecule has 0 radical (unpaired) electrons. The lowest BCUT2D eigenvalue weighted by Crippen LogP contribution is -2.60. The molecule has 1 heterocycles. The number of rotatable bonds is 38. The van der Waals surface area contributed by atoms with Crippen LogP contribution in [0.1, 0.15) is 219 Å². The zero-order chi connectivity index (χ0) is 38.8. The van der Waals surface area contributed by atoms with Crippen molar-refractivity contribution in [2.45, 2.75) is 262 Å². The molecule has 1 rings (SSSR count). The molecule has 0 bridgehead atoms. The summed E-state index contributed by atoms with van der Waals surface area (Å²) in [5.41, 5.74) is 0. The van der Waals surface area contributed by atoms with Crippen LogP contribution in [0.3, 0.4) is 0 Å². The molecule has 7 unspecified atom stereocenters. The van der Waals surface area contributed by atoms with Crippen LogP contribution in [-0.2, 0) is 14.3 Å². The number of ether oxygens (including phenoxy) is 2. The first-order valence-electron chi connectivity index (χ1n) is 22.7. The number of aliphatic hydroxyl groups excluding tert-OH is 5. The predicted molar refractivity (Wildman–Crippen MR) is 217 cm³/mol. The smallest absolute Gasteiger partial charge is 0.220 e. The molecule has 1 aliphatic rings. The first kappa shape index (κ1) is 50.2. The van der Waals surface area contributed by atoms with Crippen molar-refractivity contribution in [1.29, 1.82) is 0 Å². The van der Waals surface area contributed by atoms with Gasteiger partial charge in [-0.15, -0.1) is 0 Å². The maximum atomic E-state index is 12.9. The van der Waals surface area contributed by atoms with Gasteiger partial charge in [-0.1, -0.05) is 200 Å². The Morgan fingerprint density at radius 3 is 1.34 bits per heavy atom. The van der Waals surface area contributed by atoms with Crippen molar-refractivity contribution in [2.75, 3.05) is 13.2 Å². The summed E-state index contributed by atoms with van der Waals surface area (Å²) < 4.78 is 11.2. The summed E-state index contributed by atoms with van der Waals surface area (Å²) in [6.45, 7) is 3.83. The number of aliphatic hydroxyl groups is 5. The summed E-state index contributed by atoms with van der Waals surface area (Å²) in [7, 11) is 0. The minimum Gasteiger partial charge on any atom is -0.394 e. The summed E-state index contributed by atoms with van der Waals surface area (Å²) in [5.74, 6) is -0.143. The molecule has 0 spiro atoms. The second-order valence-electron chi connectivity index (χ2n) is 16.2. The predicted octanol–water partition coefficient (Wildman–Crippen LogP) is 9.17. The van der Waals surface area contributed by atoms with Crippen LogP contribution in [-0.4, -0.2) is 87.5 Å². The van der Waals surface area contributed by atoms with Gasteiger partial charge in [0.2, 0.25) is 5.91 Å². The van der Waals surface area contributed by atoms with Gasteiger partial charge in [-0.2, -0.15) is 0 Å². The van der Waals surface area contributed by atoms with Crippen LogP contribution >= 0.6 is 0 Å². The minimum atomic E-state index is -1.55. The molecule has 0 aromatic heterocycles. The van der Waals surface area contributed by atoms with Gasteiger partial charge >= 0.3 is 0 Å². The second-order valence-corrected chi connectivity index (χ2v) is 16.2. The van der Waals surface area contributed by atoms with Crippen LogP contribution in [0.15, 0.2) is 0 Å². The molecule has 0 aromatic carbocycles. The van der Waals surface area contributed by atoms with E-state index in [9.17, 15) is 30.3 Å². The highest BCUT2D eigenvalue weighted by molar-refractivity contribution is 5.76. The van der Waals surface area contributed by atoms with E-state index in [1.807, 2.05) is 0 Å². The molecule has 9 heteroatoms. The molecule has 1 fully saturated rings. The van der Waals surface area contributed by atoms with Crippen LogP contribution in [0, 0.1) is 0 Å². The van der Waals surface area contributed by atoms with Crippen molar-refractivity contribution in [3.8, 4) is 0 Å². The van der Waals surface area contributed by atoms with Crippen molar-refractivity contribution in [3.05, 3.63) is 0 Å². The number of unbranched alkanes of at least 4 members (excludes halogenated alkanes) is 28. The van der Waals surface area contributed by atoms with E-state index in [1.165, 1.54) is 154 Å². The average Bonchev–Trinajstić information content (AvgIpc) is 3.16. The summed E-state index contributed by atoms with van der Waals surface area (Å²) in [5, 5.41) is 54.3. The van der Waals surface area contributed by atoms with Crippen molar-refractivity contribution in [3.63, 3.8) is 0 Å². The van der Waals surface area contributed by atoms with E-state index >= 15 is 0 Å². The average molecular weight is 758 g/mol. The lowest BCUT2D eigenvalue weighted by molar-refractivity contribution is -0.302. The van der Waals surface area contributed by atoms with Gasteiger partial charge in [0.25, 0.3) is 0 Å². The van der Waals surface area contributed by atoms with Gasteiger partial charge in [0.1, 0.15) is 24.4 Å². The van der Waals surface area contributed by atoms with Crippen LogP contribution < -0.4 is 5.32 Å². The molecular formula is C44H87NO8. The summed E-state index contributed by atoms with van der Waals surface area (Å²) in [6, 6.07) is -0.710. The first-order valence-corrected chi connectivity index (χ1v) is 22.7. The Hall–Kier alpha value is -0.810. The highest BCUT2D eigenvalue weighted by atomic mass is 16.7. The molecule has 0 aliphatic carbocycles. The molecule has 7 atom stereocenters. The third-order valence-electron chi connectivity index (χ3n) is 11.2. The normalized spacial score (nSPS) is 21.5. The van der Waals surface area contributed by atoms with E-state index < -0.39 is 49.5 Å². The van der Waals surface area contributed by atoms with Crippen LogP contribution in [0.2, 0.25) is 0 Å². The van der Waals surface area contributed by atoms with Gasteiger partial charge in [-0.3, -0.25) is 4.79 Å². The highest BCUT2D eigenvalue weighted by Crippen LogP contribution is 2.23. The Morgan fingerprint density at radius 1 is 0.566 bits per heavy atom. The van der Waals surface area contributed by atoms with Gasteiger partial charge < -0.3 is 40.3 Å². The fourth-order valence-electron chi connectivity index (χ4n) is 7.51. The highest BCUT2D eigenvalue weighted by Gasteiger charge is 2.44. The molecular weight excluding hydrogens is 670 g/mol. The van der Waals surface area contributed by atoms with E-state index in [2.05, 4.69) is 19.2 Å². The molecule has 0 saturated carbocycles. The van der Waals surface area contributed by atoms with E-state index in [4.69, 9.17) is 9.47 Å². The maximum absolute atomic E-state index is 12.9. The van der Waals surface area contributed by atoms with Crippen molar-refractivity contribution in [2.24, 2.45) is 0 Å². The topological polar surface area (TPSA) is 149 Å². The largest absolute Gasteiger partial charge is 0.394 e. The number of hydrogen-bond donors (Lipinski definition) is 6. The van der Waals surface area contributed by atoms with Crippen LogP contribution in [0.25, 0.3) is 0 Å². The van der Waals surface area contributed by atoms with Gasteiger partial charge in [-0.25, -0.2) is 0 Å². The molecule has 1 aliphatic heterocycles. The Bertz CT molecular complexity index is 801. The number of carbonyl (C=O) groups excluding carboxylic acids is 1. The maximum Gasteiger partial charge on any atom is 0.220 e. The summed E-state index contributed by atoms with van der Waals surface area (Å²) >= 11 is 0.